The lowest BCUT2D eigenvalue weighted by atomic mass is 10.4. The van der Waals surface area contributed by atoms with Crippen LogP contribution in [0.3, 0.4) is 0 Å². The van der Waals surface area contributed by atoms with E-state index in [-0.39, 0.29) is 12.4 Å². The molecule has 9 heteroatoms. The molecule has 0 unspecified atom stereocenters. The molecule has 1 heterocycles. The van der Waals surface area contributed by atoms with Crippen molar-refractivity contribution < 1.29 is 10.0 Å². The fraction of sp³-hybridized carbons (Fsp3) is 0.300. The lowest BCUT2D eigenvalue weighted by molar-refractivity contribution is -0.404. The molecule has 1 aromatic heterocycles. The number of hydrazine groups is 1. The third kappa shape index (κ3) is 6.58. The SMILES string of the molecule is O=[N+]([O-])/C=C(/NCCCO)NNc1ccc(Br)cn1. The molecule has 1 rings (SSSR count). The summed E-state index contributed by atoms with van der Waals surface area (Å²) in [4.78, 5) is 13.9. The average molecular weight is 332 g/mol. The van der Waals surface area contributed by atoms with E-state index >= 15 is 0 Å². The van der Waals surface area contributed by atoms with Crippen molar-refractivity contribution in [3.05, 3.63) is 44.9 Å². The highest BCUT2D eigenvalue weighted by Crippen LogP contribution is 2.09. The van der Waals surface area contributed by atoms with E-state index in [9.17, 15) is 10.1 Å². The molecule has 8 nitrogen and oxygen atoms in total. The molecule has 0 aliphatic carbocycles. The maximum absolute atomic E-state index is 10.4. The summed E-state index contributed by atoms with van der Waals surface area (Å²) < 4.78 is 0.833. The number of aliphatic hydroxyl groups excluding tert-OH is 1. The van der Waals surface area contributed by atoms with E-state index in [1.165, 1.54) is 0 Å². The van der Waals surface area contributed by atoms with Gasteiger partial charge in [0.2, 0.25) is 0 Å². The lowest BCUT2D eigenvalue weighted by Crippen LogP contribution is -2.32. The Bertz CT molecular complexity index is 437. The summed E-state index contributed by atoms with van der Waals surface area (Å²) in [6.07, 6.45) is 2.89. The molecule has 0 aromatic carbocycles. The number of aliphatic hydroxyl groups is 1. The molecule has 0 radical (unpaired) electrons. The zero-order chi connectivity index (χ0) is 14.1. The van der Waals surface area contributed by atoms with Crippen LogP contribution in [0.4, 0.5) is 5.82 Å². The number of halogens is 1. The highest BCUT2D eigenvalue weighted by atomic mass is 79.9. The average Bonchev–Trinajstić information content (AvgIpc) is 2.37. The molecule has 0 saturated heterocycles. The van der Waals surface area contributed by atoms with Gasteiger partial charge in [-0.1, -0.05) is 0 Å². The number of nitrogens with one attached hydrogen (secondary N) is 3. The molecule has 1 aromatic rings. The van der Waals surface area contributed by atoms with Crippen LogP contribution < -0.4 is 16.2 Å². The second kappa shape index (κ2) is 8.27. The second-order valence-corrected chi connectivity index (χ2v) is 4.36. The van der Waals surface area contributed by atoms with Gasteiger partial charge in [0.25, 0.3) is 6.20 Å². The predicted molar refractivity (Wildman–Crippen MR) is 73.5 cm³/mol. The molecule has 0 aliphatic rings. The van der Waals surface area contributed by atoms with Crippen molar-refractivity contribution in [2.45, 2.75) is 6.42 Å². The van der Waals surface area contributed by atoms with Crippen molar-refractivity contribution in [1.82, 2.24) is 15.7 Å². The number of anilines is 1. The van der Waals surface area contributed by atoms with Crippen molar-refractivity contribution in [3.8, 4) is 0 Å². The minimum Gasteiger partial charge on any atom is -0.396 e. The largest absolute Gasteiger partial charge is 0.396 e. The molecule has 0 bridgehead atoms. The van der Waals surface area contributed by atoms with Crippen molar-refractivity contribution in [2.24, 2.45) is 0 Å². The molecule has 4 N–H and O–H groups in total. The van der Waals surface area contributed by atoms with E-state index in [0.717, 1.165) is 10.7 Å². The molecule has 0 aliphatic heterocycles. The van der Waals surface area contributed by atoms with Crippen LogP contribution in [0.25, 0.3) is 0 Å². The Balaban J connectivity index is 2.52. The molecule has 0 spiro atoms. The number of pyridine rings is 1. The summed E-state index contributed by atoms with van der Waals surface area (Å²) >= 11 is 3.25. The topological polar surface area (TPSA) is 112 Å². The summed E-state index contributed by atoms with van der Waals surface area (Å²) in [6, 6.07) is 3.49. The van der Waals surface area contributed by atoms with E-state index in [2.05, 4.69) is 37.1 Å². The first-order chi connectivity index (χ1) is 9.11. The lowest BCUT2D eigenvalue weighted by Gasteiger charge is -2.12. The fourth-order valence-electron chi connectivity index (χ4n) is 1.11. The van der Waals surface area contributed by atoms with Crippen LogP contribution in [0, 0.1) is 10.1 Å². The van der Waals surface area contributed by atoms with E-state index in [0.29, 0.717) is 18.8 Å². The van der Waals surface area contributed by atoms with Gasteiger partial charge in [-0.2, -0.15) is 0 Å². The fourth-order valence-corrected chi connectivity index (χ4v) is 1.35. The molecular formula is C10H14BrN5O3. The third-order valence-corrected chi connectivity index (χ3v) is 2.41. The standard InChI is InChI=1S/C10H14BrN5O3/c11-8-2-3-9(13-6-8)14-15-10(7-16(18)19)12-4-1-5-17/h2-3,6-7,12,15,17H,1,4-5H2,(H,13,14)/b10-7-. The Kier molecular flexibility index (Phi) is 6.61. The Hall–Kier alpha value is -1.87. The molecule has 19 heavy (non-hydrogen) atoms. The monoisotopic (exact) mass is 331 g/mol. The van der Waals surface area contributed by atoms with Crippen molar-refractivity contribution >= 4 is 21.7 Å². The van der Waals surface area contributed by atoms with E-state index in [1.54, 1.807) is 18.3 Å². The molecule has 0 fully saturated rings. The van der Waals surface area contributed by atoms with Gasteiger partial charge in [0.15, 0.2) is 5.82 Å². The first kappa shape index (κ1) is 15.2. The Morgan fingerprint density at radius 3 is 2.95 bits per heavy atom. The number of hydrogen-bond acceptors (Lipinski definition) is 7. The van der Waals surface area contributed by atoms with Crippen LogP contribution in [0.2, 0.25) is 0 Å². The molecule has 0 amide bonds. The summed E-state index contributed by atoms with van der Waals surface area (Å²) in [5.74, 6) is 0.699. The number of nitrogens with zero attached hydrogens (tertiary/aromatic N) is 2. The van der Waals surface area contributed by atoms with E-state index in [4.69, 9.17) is 5.11 Å². The number of rotatable bonds is 8. The first-order valence-corrected chi connectivity index (χ1v) is 6.24. The van der Waals surface area contributed by atoms with Gasteiger partial charge >= 0.3 is 0 Å². The predicted octanol–water partition coefficient (Wildman–Crippen LogP) is 0.808. The number of nitro groups is 1. The zero-order valence-electron chi connectivity index (χ0n) is 9.97. The van der Waals surface area contributed by atoms with Gasteiger partial charge in [-0.15, -0.1) is 0 Å². The van der Waals surface area contributed by atoms with Gasteiger partial charge in [0.05, 0.1) is 4.92 Å². The normalized spacial score (nSPS) is 10.9. The van der Waals surface area contributed by atoms with Crippen LogP contribution in [0.5, 0.6) is 0 Å². The van der Waals surface area contributed by atoms with Crippen molar-refractivity contribution in [3.63, 3.8) is 0 Å². The summed E-state index contributed by atoms with van der Waals surface area (Å²) in [5.41, 5.74) is 5.37. The summed E-state index contributed by atoms with van der Waals surface area (Å²) in [7, 11) is 0. The Labute approximate surface area is 118 Å². The Morgan fingerprint density at radius 1 is 1.58 bits per heavy atom. The molecular weight excluding hydrogens is 318 g/mol. The second-order valence-electron chi connectivity index (χ2n) is 3.44. The van der Waals surface area contributed by atoms with Crippen molar-refractivity contribution in [2.75, 3.05) is 18.6 Å². The van der Waals surface area contributed by atoms with Crippen LogP contribution in [-0.4, -0.2) is 28.2 Å². The van der Waals surface area contributed by atoms with Crippen molar-refractivity contribution in [1.29, 1.82) is 0 Å². The van der Waals surface area contributed by atoms with Gasteiger partial charge in [-0.3, -0.25) is 21.0 Å². The minimum absolute atomic E-state index is 0.0143. The van der Waals surface area contributed by atoms with Gasteiger partial charge in [0, 0.05) is 23.8 Å². The van der Waals surface area contributed by atoms with Gasteiger partial charge in [-0.05, 0) is 34.5 Å². The molecule has 0 saturated carbocycles. The first-order valence-electron chi connectivity index (χ1n) is 5.45. The maximum Gasteiger partial charge on any atom is 0.275 e. The van der Waals surface area contributed by atoms with Crippen LogP contribution in [0.15, 0.2) is 34.8 Å². The minimum atomic E-state index is -0.578. The van der Waals surface area contributed by atoms with Gasteiger partial charge < -0.3 is 10.4 Å². The quantitative estimate of drug-likeness (QED) is 0.316. The smallest absolute Gasteiger partial charge is 0.275 e. The van der Waals surface area contributed by atoms with Crippen LogP contribution >= 0.6 is 15.9 Å². The highest BCUT2D eigenvalue weighted by Gasteiger charge is 2.02. The Morgan fingerprint density at radius 2 is 2.37 bits per heavy atom. The van der Waals surface area contributed by atoms with Crippen LogP contribution in [0.1, 0.15) is 6.42 Å². The van der Waals surface area contributed by atoms with Gasteiger partial charge in [-0.25, -0.2) is 4.98 Å². The van der Waals surface area contributed by atoms with E-state index in [1.807, 2.05) is 0 Å². The molecule has 0 atom stereocenters. The summed E-state index contributed by atoms with van der Waals surface area (Å²) in [6.45, 7) is 0.430. The van der Waals surface area contributed by atoms with Crippen LogP contribution in [-0.2, 0) is 0 Å². The number of hydrogen-bond donors (Lipinski definition) is 4. The van der Waals surface area contributed by atoms with E-state index < -0.39 is 4.92 Å². The zero-order valence-corrected chi connectivity index (χ0v) is 11.6. The van der Waals surface area contributed by atoms with Gasteiger partial charge in [0.1, 0.15) is 5.82 Å². The number of aromatic nitrogens is 1. The highest BCUT2D eigenvalue weighted by molar-refractivity contribution is 9.10. The maximum atomic E-state index is 10.4. The molecule has 104 valence electrons. The summed E-state index contributed by atoms with van der Waals surface area (Å²) in [5, 5.41) is 21.9. The third-order valence-electron chi connectivity index (χ3n) is 1.94.